The van der Waals surface area contributed by atoms with E-state index in [0.29, 0.717) is 11.5 Å². The molecule has 0 saturated carbocycles. The van der Waals surface area contributed by atoms with Gasteiger partial charge >= 0.3 is 0 Å². The van der Waals surface area contributed by atoms with Crippen molar-refractivity contribution in [1.29, 1.82) is 0 Å². The molecule has 1 aromatic carbocycles. The molecule has 19 heavy (non-hydrogen) atoms. The maximum atomic E-state index is 12.3. The van der Waals surface area contributed by atoms with Gasteiger partial charge in [0.15, 0.2) is 0 Å². The Morgan fingerprint density at radius 1 is 1.21 bits per heavy atom. The van der Waals surface area contributed by atoms with Crippen LogP contribution < -0.4 is 10.0 Å². The number of hydrogen-bond donors (Lipinski definition) is 2. The Kier molecular flexibility index (Phi) is 4.25. The van der Waals surface area contributed by atoms with Gasteiger partial charge in [0.25, 0.3) is 10.0 Å². The molecule has 0 aliphatic rings. The van der Waals surface area contributed by atoms with Crippen molar-refractivity contribution in [3.05, 3.63) is 46.2 Å². The van der Waals surface area contributed by atoms with Crippen LogP contribution in [0.25, 0.3) is 0 Å². The number of hydrogen-bond acceptors (Lipinski definition) is 4. The van der Waals surface area contributed by atoms with Crippen LogP contribution in [-0.4, -0.2) is 20.4 Å². The average Bonchev–Trinajstić information content (AvgIpc) is 2.38. The van der Waals surface area contributed by atoms with Crippen LogP contribution in [-0.2, 0) is 10.0 Å². The van der Waals surface area contributed by atoms with E-state index in [1.807, 2.05) is 6.07 Å². The zero-order valence-corrected chi connectivity index (χ0v) is 13.1. The highest BCUT2D eigenvalue weighted by Gasteiger charge is 2.18. The summed E-state index contributed by atoms with van der Waals surface area (Å²) >= 11 is 2.13. The van der Waals surface area contributed by atoms with Gasteiger partial charge in [-0.2, -0.15) is 0 Å². The first kappa shape index (κ1) is 14.1. The molecule has 2 rings (SSSR count). The third kappa shape index (κ3) is 3.35. The molecule has 2 N–H and O–H groups in total. The van der Waals surface area contributed by atoms with Crippen molar-refractivity contribution in [2.45, 2.75) is 4.90 Å². The topological polar surface area (TPSA) is 71.1 Å². The van der Waals surface area contributed by atoms with E-state index in [9.17, 15) is 8.42 Å². The molecule has 1 aromatic heterocycles. The van der Waals surface area contributed by atoms with Crippen LogP contribution in [0.4, 0.5) is 11.5 Å². The summed E-state index contributed by atoms with van der Waals surface area (Å²) in [5.41, 5.74) is 0.526. The van der Waals surface area contributed by atoms with Crippen molar-refractivity contribution in [2.24, 2.45) is 0 Å². The molecular weight excluding hydrogens is 377 g/mol. The first-order valence-corrected chi connectivity index (χ1v) is 8.00. The van der Waals surface area contributed by atoms with E-state index in [0.717, 1.165) is 3.57 Å². The minimum Gasteiger partial charge on any atom is -0.372 e. The molecule has 0 bridgehead atoms. The Morgan fingerprint density at radius 3 is 2.68 bits per heavy atom. The summed E-state index contributed by atoms with van der Waals surface area (Å²) in [6.07, 6.45) is 1.54. The quantitative estimate of drug-likeness (QED) is 0.789. The van der Waals surface area contributed by atoms with E-state index in [1.54, 1.807) is 31.3 Å². The second-order valence-electron chi connectivity index (χ2n) is 3.72. The number of aromatic nitrogens is 1. The number of pyridine rings is 1. The smallest absolute Gasteiger partial charge is 0.265 e. The van der Waals surface area contributed by atoms with Gasteiger partial charge in [-0.1, -0.05) is 6.07 Å². The van der Waals surface area contributed by atoms with Gasteiger partial charge in [-0.3, -0.25) is 4.72 Å². The van der Waals surface area contributed by atoms with Gasteiger partial charge in [0.2, 0.25) is 0 Å². The van der Waals surface area contributed by atoms with Crippen LogP contribution in [0.5, 0.6) is 0 Å². The maximum Gasteiger partial charge on any atom is 0.265 e. The normalized spacial score (nSPS) is 11.1. The van der Waals surface area contributed by atoms with E-state index in [-0.39, 0.29) is 4.90 Å². The maximum absolute atomic E-state index is 12.3. The lowest BCUT2D eigenvalue weighted by Gasteiger charge is -2.11. The van der Waals surface area contributed by atoms with Crippen molar-refractivity contribution < 1.29 is 8.42 Å². The molecule has 0 fully saturated rings. The minimum absolute atomic E-state index is 0.122. The summed E-state index contributed by atoms with van der Waals surface area (Å²) < 4.78 is 28.1. The van der Waals surface area contributed by atoms with Crippen LogP contribution >= 0.6 is 22.6 Å². The Hall–Kier alpha value is -1.35. The van der Waals surface area contributed by atoms with E-state index in [1.165, 1.54) is 12.3 Å². The van der Waals surface area contributed by atoms with E-state index >= 15 is 0 Å². The first-order chi connectivity index (χ1) is 9.03. The predicted octanol–water partition coefficient (Wildman–Crippen LogP) is 2.53. The van der Waals surface area contributed by atoms with Crippen LogP contribution in [0.15, 0.2) is 47.5 Å². The van der Waals surface area contributed by atoms with E-state index < -0.39 is 10.0 Å². The van der Waals surface area contributed by atoms with Gasteiger partial charge in [0.1, 0.15) is 10.7 Å². The van der Waals surface area contributed by atoms with Gasteiger partial charge in [0, 0.05) is 22.5 Å². The number of nitrogens with one attached hydrogen (secondary N) is 2. The zero-order valence-electron chi connectivity index (χ0n) is 10.1. The molecule has 0 amide bonds. The summed E-state index contributed by atoms with van der Waals surface area (Å²) in [6, 6.07) is 10.2. The molecule has 100 valence electrons. The number of benzene rings is 1. The number of rotatable bonds is 4. The van der Waals surface area contributed by atoms with Crippen LogP contribution in [0.3, 0.4) is 0 Å². The van der Waals surface area contributed by atoms with Crippen molar-refractivity contribution in [3.63, 3.8) is 0 Å². The molecule has 0 unspecified atom stereocenters. The largest absolute Gasteiger partial charge is 0.372 e. The minimum atomic E-state index is -3.65. The highest BCUT2D eigenvalue weighted by molar-refractivity contribution is 14.1. The van der Waals surface area contributed by atoms with Crippen molar-refractivity contribution in [3.8, 4) is 0 Å². The van der Waals surface area contributed by atoms with Crippen LogP contribution in [0.1, 0.15) is 0 Å². The number of nitrogens with zero attached hydrogens (tertiary/aromatic N) is 1. The number of sulfonamides is 1. The lowest BCUT2D eigenvalue weighted by Crippen LogP contribution is -2.15. The van der Waals surface area contributed by atoms with Crippen LogP contribution in [0, 0.1) is 3.57 Å². The van der Waals surface area contributed by atoms with E-state index in [4.69, 9.17) is 0 Å². The predicted molar refractivity (Wildman–Crippen MR) is 83.8 cm³/mol. The molecule has 7 heteroatoms. The molecule has 5 nitrogen and oxygen atoms in total. The van der Waals surface area contributed by atoms with Gasteiger partial charge in [-0.15, -0.1) is 0 Å². The fourth-order valence-corrected chi connectivity index (χ4v) is 3.31. The van der Waals surface area contributed by atoms with Gasteiger partial charge in [-0.25, -0.2) is 13.4 Å². The second-order valence-corrected chi connectivity index (χ2v) is 6.61. The SMILES string of the molecule is CNc1ncccc1S(=O)(=O)Nc1cccc(I)c1. The van der Waals surface area contributed by atoms with Crippen LogP contribution in [0.2, 0.25) is 0 Å². The Balaban J connectivity index is 2.38. The molecule has 1 heterocycles. The summed E-state index contributed by atoms with van der Waals surface area (Å²) in [6.45, 7) is 0. The molecule has 0 spiro atoms. The van der Waals surface area contributed by atoms with Crippen molar-refractivity contribution >= 4 is 44.1 Å². The summed E-state index contributed by atoms with van der Waals surface area (Å²) in [5.74, 6) is 0.320. The van der Waals surface area contributed by atoms with Gasteiger partial charge in [0.05, 0.1) is 0 Å². The van der Waals surface area contributed by atoms with Gasteiger partial charge < -0.3 is 5.32 Å². The third-order valence-electron chi connectivity index (χ3n) is 2.37. The van der Waals surface area contributed by atoms with E-state index in [2.05, 4.69) is 37.6 Å². The monoisotopic (exact) mass is 389 g/mol. The molecule has 2 aromatic rings. The molecule has 0 saturated heterocycles. The Morgan fingerprint density at radius 2 is 2.00 bits per heavy atom. The molecule has 0 aliphatic carbocycles. The van der Waals surface area contributed by atoms with Crippen molar-refractivity contribution in [1.82, 2.24) is 4.98 Å². The lowest BCUT2D eigenvalue weighted by molar-refractivity contribution is 0.601. The highest BCUT2D eigenvalue weighted by atomic mass is 127. The summed E-state index contributed by atoms with van der Waals surface area (Å²) in [5, 5.41) is 2.77. The Labute approximate surface area is 125 Å². The lowest BCUT2D eigenvalue weighted by atomic mass is 10.3. The second kappa shape index (κ2) is 5.74. The fraction of sp³-hybridized carbons (Fsp3) is 0.0833. The molecule has 0 atom stereocenters. The molecule has 0 radical (unpaired) electrons. The molecule has 0 aliphatic heterocycles. The average molecular weight is 389 g/mol. The number of halogens is 1. The molecular formula is C12H12IN3O2S. The number of anilines is 2. The first-order valence-electron chi connectivity index (χ1n) is 5.44. The van der Waals surface area contributed by atoms with Gasteiger partial charge in [-0.05, 0) is 52.9 Å². The fourth-order valence-electron chi connectivity index (χ4n) is 1.56. The zero-order chi connectivity index (χ0) is 13.9. The standard InChI is InChI=1S/C12H12IN3O2S/c1-14-12-11(6-3-7-15-12)19(17,18)16-10-5-2-4-9(13)8-10/h2-8,16H,1H3,(H,14,15). The summed E-state index contributed by atoms with van der Waals surface area (Å²) in [7, 11) is -2.02. The summed E-state index contributed by atoms with van der Waals surface area (Å²) in [4.78, 5) is 4.11. The third-order valence-corrected chi connectivity index (χ3v) is 4.46. The highest BCUT2D eigenvalue weighted by Crippen LogP contribution is 2.22. The Bertz CT molecular complexity index is 689. The van der Waals surface area contributed by atoms with Crippen molar-refractivity contribution in [2.75, 3.05) is 17.1 Å².